The van der Waals surface area contributed by atoms with Crippen LogP contribution in [0.5, 0.6) is 5.75 Å². The van der Waals surface area contributed by atoms with Crippen molar-refractivity contribution in [1.82, 2.24) is 0 Å². The minimum absolute atomic E-state index is 0.0325. The minimum Gasteiger partial charge on any atom is -0.464 e. The quantitative estimate of drug-likeness (QED) is 0.563. The fraction of sp³-hybridized carbons (Fsp3) is 0.700. The molecular weight excluding hydrogens is 406 g/mol. The van der Waals surface area contributed by atoms with Crippen LogP contribution in [0.2, 0.25) is 0 Å². The molecule has 0 aliphatic heterocycles. The molecule has 0 heterocycles. The van der Waals surface area contributed by atoms with E-state index in [2.05, 4.69) is 0 Å². The van der Waals surface area contributed by atoms with E-state index in [0.29, 0.717) is 31.2 Å². The zero-order valence-corrected chi connectivity index (χ0v) is 17.3. The van der Waals surface area contributed by atoms with Crippen molar-refractivity contribution in [2.24, 2.45) is 17.3 Å². The molecule has 9 heteroatoms. The van der Waals surface area contributed by atoms with E-state index in [1.54, 1.807) is 6.07 Å². The molecule has 0 aromatic heterocycles. The summed E-state index contributed by atoms with van der Waals surface area (Å²) in [5.41, 5.74) is 0.887. The lowest BCUT2D eigenvalue weighted by atomic mass is 9.55. The van der Waals surface area contributed by atoms with Crippen LogP contribution < -0.4 is 4.74 Å². The Hall–Kier alpha value is -1.29. The van der Waals surface area contributed by atoms with Crippen LogP contribution in [0.25, 0.3) is 0 Å². The van der Waals surface area contributed by atoms with Gasteiger partial charge in [-0.05, 0) is 67.1 Å². The summed E-state index contributed by atoms with van der Waals surface area (Å²) in [6, 6.07) is 3.50. The first-order valence-corrected chi connectivity index (χ1v) is 11.2. The maximum Gasteiger partial charge on any atom is 0.397 e. The lowest BCUT2D eigenvalue weighted by Crippen LogP contribution is -2.46. The first-order valence-electron chi connectivity index (χ1n) is 9.88. The number of hydrogen-bond donors (Lipinski definition) is 1. The van der Waals surface area contributed by atoms with Gasteiger partial charge in [-0.15, -0.1) is 0 Å². The third-order valence-electron chi connectivity index (χ3n) is 7.26. The zero-order valence-electron chi connectivity index (χ0n) is 16.4. The molecule has 0 unspecified atom stereocenters. The SMILES string of the molecule is COCOc1ccc2c(c1F)CC[C@@H]1[C@@H]2CC[C@@]2(C)[C@H]1C[C@@H](F)[C@@H]2OS(=O)(=O)O. The molecule has 1 aromatic carbocycles. The Bertz CT molecular complexity index is 891. The average molecular weight is 432 g/mol. The van der Waals surface area contributed by atoms with Crippen molar-refractivity contribution in [3.8, 4) is 5.75 Å². The monoisotopic (exact) mass is 432 g/mol. The van der Waals surface area contributed by atoms with E-state index in [9.17, 15) is 17.2 Å². The van der Waals surface area contributed by atoms with Gasteiger partial charge >= 0.3 is 10.4 Å². The second-order valence-electron chi connectivity index (χ2n) is 8.65. The Balaban J connectivity index is 1.63. The summed E-state index contributed by atoms with van der Waals surface area (Å²) in [6.07, 6.45) is -0.0403. The highest BCUT2D eigenvalue weighted by molar-refractivity contribution is 7.80. The highest BCUT2D eigenvalue weighted by Gasteiger charge is 2.60. The Morgan fingerprint density at radius 2 is 2.07 bits per heavy atom. The predicted molar refractivity (Wildman–Crippen MR) is 100 cm³/mol. The summed E-state index contributed by atoms with van der Waals surface area (Å²) in [7, 11) is -3.27. The van der Waals surface area contributed by atoms with Crippen molar-refractivity contribution < 1.29 is 35.4 Å². The summed E-state index contributed by atoms with van der Waals surface area (Å²) in [5, 5.41) is 0. The number of hydrogen-bond acceptors (Lipinski definition) is 5. The number of benzene rings is 1. The molecule has 3 aliphatic rings. The van der Waals surface area contributed by atoms with E-state index >= 15 is 0 Å². The normalized spacial score (nSPS) is 36.2. The van der Waals surface area contributed by atoms with Gasteiger partial charge in [0, 0.05) is 12.5 Å². The van der Waals surface area contributed by atoms with Crippen LogP contribution in [0.4, 0.5) is 8.78 Å². The topological polar surface area (TPSA) is 82.1 Å². The van der Waals surface area contributed by atoms with E-state index in [0.717, 1.165) is 5.56 Å². The fourth-order valence-electron chi connectivity index (χ4n) is 6.06. The smallest absolute Gasteiger partial charge is 0.397 e. The molecule has 29 heavy (non-hydrogen) atoms. The average Bonchev–Trinajstić information content (AvgIpc) is 2.90. The molecule has 0 bridgehead atoms. The van der Waals surface area contributed by atoms with Crippen molar-refractivity contribution in [3.63, 3.8) is 0 Å². The maximum absolute atomic E-state index is 14.9. The first-order chi connectivity index (χ1) is 13.7. The van der Waals surface area contributed by atoms with Crippen LogP contribution in [0, 0.1) is 23.1 Å². The highest BCUT2D eigenvalue weighted by atomic mass is 32.3. The van der Waals surface area contributed by atoms with Crippen LogP contribution in [0.3, 0.4) is 0 Å². The summed E-state index contributed by atoms with van der Waals surface area (Å²) >= 11 is 0. The Morgan fingerprint density at radius 3 is 2.76 bits per heavy atom. The molecule has 0 amide bonds. The first kappa shape index (κ1) is 21.0. The number of rotatable bonds is 5. The van der Waals surface area contributed by atoms with Gasteiger partial charge in [0.2, 0.25) is 0 Å². The molecule has 6 nitrogen and oxygen atoms in total. The fourth-order valence-corrected chi connectivity index (χ4v) is 6.67. The number of fused-ring (bicyclic) bond motifs is 5. The molecule has 3 aliphatic carbocycles. The van der Waals surface area contributed by atoms with Crippen molar-refractivity contribution >= 4 is 10.4 Å². The molecule has 2 fully saturated rings. The van der Waals surface area contributed by atoms with E-state index in [4.69, 9.17) is 18.2 Å². The lowest BCUT2D eigenvalue weighted by molar-refractivity contribution is -0.0243. The van der Waals surface area contributed by atoms with Crippen LogP contribution in [0.15, 0.2) is 12.1 Å². The predicted octanol–water partition coefficient (Wildman–Crippen LogP) is 3.80. The summed E-state index contributed by atoms with van der Waals surface area (Å²) in [6.45, 7) is 1.82. The number of alkyl halides is 1. The van der Waals surface area contributed by atoms with Gasteiger partial charge in [0.05, 0.1) is 0 Å². The van der Waals surface area contributed by atoms with Crippen LogP contribution >= 0.6 is 0 Å². The lowest BCUT2D eigenvalue weighted by Gasteiger charge is -2.50. The number of ether oxygens (including phenoxy) is 2. The Kier molecular flexibility index (Phi) is 5.38. The minimum atomic E-state index is -4.74. The molecule has 1 aromatic rings. The highest BCUT2D eigenvalue weighted by Crippen LogP contribution is 2.62. The molecule has 6 atom stereocenters. The van der Waals surface area contributed by atoms with Gasteiger partial charge in [0.25, 0.3) is 0 Å². The molecule has 0 radical (unpaired) electrons. The van der Waals surface area contributed by atoms with Crippen molar-refractivity contribution in [2.75, 3.05) is 13.9 Å². The van der Waals surface area contributed by atoms with E-state index in [1.165, 1.54) is 7.11 Å². The number of methoxy groups -OCH3 is 1. The van der Waals surface area contributed by atoms with Gasteiger partial charge in [-0.1, -0.05) is 13.0 Å². The van der Waals surface area contributed by atoms with Crippen LogP contribution in [0.1, 0.15) is 49.7 Å². The van der Waals surface area contributed by atoms with E-state index in [1.807, 2.05) is 13.0 Å². The molecule has 162 valence electrons. The van der Waals surface area contributed by atoms with Gasteiger partial charge in [0.15, 0.2) is 18.4 Å². The van der Waals surface area contributed by atoms with E-state index in [-0.39, 0.29) is 42.5 Å². The van der Waals surface area contributed by atoms with Crippen LogP contribution in [-0.4, -0.2) is 39.1 Å². The third kappa shape index (κ3) is 3.56. The van der Waals surface area contributed by atoms with Gasteiger partial charge in [-0.3, -0.25) is 4.55 Å². The maximum atomic E-state index is 14.9. The summed E-state index contributed by atoms with van der Waals surface area (Å²) in [5.74, 6) is -0.104. The third-order valence-corrected chi connectivity index (χ3v) is 7.71. The van der Waals surface area contributed by atoms with Crippen LogP contribution in [-0.2, 0) is 25.7 Å². The molecule has 4 rings (SSSR count). The zero-order chi connectivity index (χ0) is 21.0. The van der Waals surface area contributed by atoms with Crippen molar-refractivity contribution in [2.45, 2.75) is 57.2 Å². The largest absolute Gasteiger partial charge is 0.464 e. The van der Waals surface area contributed by atoms with E-state index < -0.39 is 28.1 Å². The second-order valence-corrected chi connectivity index (χ2v) is 9.70. The summed E-state index contributed by atoms with van der Waals surface area (Å²) in [4.78, 5) is 0. The standard InChI is InChI=1S/C20H26F2O6S/c1-20-8-7-12-11-5-6-17(27-10-26-2)18(22)14(11)4-3-13(12)15(20)9-16(21)19(20)28-29(23,24)25/h5-6,12-13,15-16,19H,3-4,7-10H2,1-2H3,(H,23,24,25)/t12-,13-,15+,16-,19+,20+/m1/s1. The summed E-state index contributed by atoms with van der Waals surface area (Å²) < 4.78 is 76.2. The van der Waals surface area contributed by atoms with Gasteiger partial charge in [-0.25, -0.2) is 13.0 Å². The van der Waals surface area contributed by atoms with Crippen molar-refractivity contribution in [3.05, 3.63) is 29.1 Å². The second kappa shape index (κ2) is 7.44. The molecule has 0 spiro atoms. The molecule has 2 saturated carbocycles. The Morgan fingerprint density at radius 1 is 1.31 bits per heavy atom. The number of halogens is 2. The molecule has 0 saturated heterocycles. The Labute approximate surface area is 169 Å². The van der Waals surface area contributed by atoms with Gasteiger partial charge in [-0.2, -0.15) is 8.42 Å². The van der Waals surface area contributed by atoms with Gasteiger partial charge < -0.3 is 9.47 Å². The molecule has 1 N–H and O–H groups in total. The molecular formula is C20H26F2O6S. The van der Waals surface area contributed by atoms with Crippen molar-refractivity contribution in [1.29, 1.82) is 0 Å². The van der Waals surface area contributed by atoms with Gasteiger partial charge in [0.1, 0.15) is 12.3 Å².